The van der Waals surface area contributed by atoms with Crippen LogP contribution in [-0.2, 0) is 35.3 Å². The van der Waals surface area contributed by atoms with Gasteiger partial charge < -0.3 is 24.2 Å². The zero-order chi connectivity index (χ0) is 23.2. The number of rotatable bonds is 8. The molecule has 0 aliphatic rings. The van der Waals surface area contributed by atoms with Crippen LogP contribution in [0, 0.1) is 5.70 Å². The van der Waals surface area contributed by atoms with E-state index in [4.69, 9.17) is 0 Å². The Bertz CT molecular complexity index is 398. The first kappa shape index (κ1) is 39.9. The molecule has 0 unspecified atom stereocenters. The van der Waals surface area contributed by atoms with Crippen LogP contribution in [0.3, 0.4) is 0 Å². The third kappa shape index (κ3) is 73.5. The van der Waals surface area contributed by atoms with Gasteiger partial charge in [0.25, 0.3) is 7.82 Å². The van der Waals surface area contributed by atoms with Gasteiger partial charge in [0.15, 0.2) is 0 Å². The number of hydrogen-bond donors (Lipinski definition) is 0. The predicted octanol–water partition coefficient (Wildman–Crippen LogP) is 3.60. The second-order valence-corrected chi connectivity index (χ2v) is 13.4. The first-order chi connectivity index (χ1) is 12.6. The summed E-state index contributed by atoms with van der Waals surface area (Å²) in [5.74, 6) is 0. The Labute approximate surface area is 196 Å². The molecule has 0 N–H and O–H groups in total. The topological polar surface area (TPSA) is 105 Å². The first-order valence-electron chi connectivity index (χ1n) is 9.91. The van der Waals surface area contributed by atoms with Crippen LogP contribution in [0.4, 0.5) is 0 Å². The Morgan fingerprint density at radius 3 is 1.55 bits per heavy atom. The van der Waals surface area contributed by atoms with Gasteiger partial charge in [0.05, 0.1) is 21.3 Å². The molecule has 0 rings (SSSR count). The summed E-state index contributed by atoms with van der Waals surface area (Å²) in [6.45, 7) is 18.9. The summed E-state index contributed by atoms with van der Waals surface area (Å²) in [5.41, 5.74) is 6.46. The molecule has 6 nitrogen and oxygen atoms in total. The standard InChI is InChI=1S/C10H19Si.C4H11O4P.2C3H7O.Ti/c1-5-6-7-8-9-10-11(2,3)4;1-3-7-9(5,6)8-4-2;2*1-3(2)4;/h8H,5-7H2,1-4H3;3-4H2,1-2H3,(H,5,6);2*3H,1-2H3;/q;;2*-1;+3/p-1. The molecule has 172 valence electrons. The molecule has 0 aromatic carbocycles. The fourth-order valence-electron chi connectivity index (χ4n) is 0.999. The van der Waals surface area contributed by atoms with Crippen LogP contribution in [-0.4, -0.2) is 33.5 Å². The maximum Gasteiger partial charge on any atom is 3.00 e. The van der Waals surface area contributed by atoms with Gasteiger partial charge in [0, 0.05) is 0 Å². The van der Waals surface area contributed by atoms with E-state index >= 15 is 0 Å². The van der Waals surface area contributed by atoms with E-state index in [1.54, 1.807) is 41.5 Å². The monoisotopic (exact) mass is 486 g/mol. The maximum atomic E-state index is 10.4. The van der Waals surface area contributed by atoms with Gasteiger partial charge in [0.1, 0.15) is 0 Å². The molecule has 29 heavy (non-hydrogen) atoms. The van der Waals surface area contributed by atoms with Gasteiger partial charge >= 0.3 is 21.7 Å². The molecule has 0 atom stereocenters. The summed E-state index contributed by atoms with van der Waals surface area (Å²) < 4.78 is 18.9. The Morgan fingerprint density at radius 1 is 0.966 bits per heavy atom. The predicted molar refractivity (Wildman–Crippen MR) is 115 cm³/mol. The quantitative estimate of drug-likeness (QED) is 0.225. The molecule has 0 fully saturated rings. The molecule has 0 aromatic rings. The molecule has 9 heteroatoms. The largest absolute Gasteiger partial charge is 3.00 e. The fraction of sp³-hybridized carbons (Fsp3) is 0.850. The van der Waals surface area contributed by atoms with Crippen molar-refractivity contribution in [3.8, 4) is 0 Å². The van der Waals surface area contributed by atoms with E-state index in [0.29, 0.717) is 0 Å². The van der Waals surface area contributed by atoms with E-state index in [9.17, 15) is 19.7 Å². The zero-order valence-electron chi connectivity index (χ0n) is 20.2. The zero-order valence-corrected chi connectivity index (χ0v) is 23.6. The van der Waals surface area contributed by atoms with Crippen molar-refractivity contribution >= 4 is 15.9 Å². The number of hydrogen-bond acceptors (Lipinski definition) is 6. The van der Waals surface area contributed by atoms with E-state index in [2.05, 4.69) is 53.1 Å². The van der Waals surface area contributed by atoms with Crippen molar-refractivity contribution in [1.29, 1.82) is 0 Å². The summed E-state index contributed by atoms with van der Waals surface area (Å²) in [5, 5.41) is 19.1. The van der Waals surface area contributed by atoms with E-state index in [1.807, 2.05) is 0 Å². The van der Waals surface area contributed by atoms with Gasteiger partial charge in [-0.15, -0.1) is 17.9 Å². The van der Waals surface area contributed by atoms with Crippen LogP contribution in [0.5, 0.6) is 0 Å². The number of allylic oxidation sites excluding steroid dienone is 1. The van der Waals surface area contributed by atoms with Gasteiger partial charge in [0.2, 0.25) is 0 Å². The van der Waals surface area contributed by atoms with E-state index in [1.165, 1.54) is 12.8 Å². The molecule has 0 saturated heterocycles. The van der Waals surface area contributed by atoms with Gasteiger partial charge in [-0.3, -0.25) is 4.57 Å². The van der Waals surface area contributed by atoms with Crippen molar-refractivity contribution in [1.82, 2.24) is 0 Å². The van der Waals surface area contributed by atoms with E-state index in [0.717, 1.165) is 6.42 Å². The normalized spacial score (nSPS) is 10.2. The Hall–Kier alpha value is 0.481. The molecular formula is C20H43O6PSiTi. The van der Waals surface area contributed by atoms with Crippen molar-refractivity contribution in [2.45, 2.75) is 99.6 Å². The minimum Gasteiger partial charge on any atom is -0.852 e. The average Bonchev–Trinajstić information content (AvgIpc) is 2.45. The molecular weight excluding hydrogens is 443 g/mol. The van der Waals surface area contributed by atoms with Gasteiger partial charge in [-0.1, -0.05) is 60.7 Å². The number of phosphoric ester groups is 1. The van der Waals surface area contributed by atoms with Crippen LogP contribution in [0.1, 0.15) is 67.7 Å². The smallest absolute Gasteiger partial charge is 0.852 e. The Balaban J connectivity index is -0.0000000956. The molecule has 0 heterocycles. The van der Waals surface area contributed by atoms with Crippen molar-refractivity contribution in [3.05, 3.63) is 17.5 Å². The maximum absolute atomic E-state index is 10.4. The van der Waals surface area contributed by atoms with Gasteiger partial charge in [-0.25, -0.2) is 0 Å². The summed E-state index contributed by atoms with van der Waals surface area (Å²) in [7, 11) is -5.05. The fourth-order valence-corrected chi connectivity index (χ4v) is 2.24. The minimum atomic E-state index is -3.94. The number of phosphoric acid groups is 1. The Morgan fingerprint density at radius 2 is 1.31 bits per heavy atom. The molecule has 2 radical (unpaired) electrons. The van der Waals surface area contributed by atoms with Crippen molar-refractivity contribution in [2.75, 3.05) is 13.2 Å². The van der Waals surface area contributed by atoms with Crippen molar-refractivity contribution in [2.24, 2.45) is 0 Å². The van der Waals surface area contributed by atoms with Gasteiger partial charge in [-0.2, -0.15) is 0 Å². The van der Waals surface area contributed by atoms with E-state index < -0.39 is 28.1 Å². The Kier molecular flexibility index (Phi) is 36.5. The molecule has 0 saturated carbocycles. The minimum absolute atomic E-state index is 0. The summed E-state index contributed by atoms with van der Waals surface area (Å²) >= 11 is 0. The first-order valence-corrected chi connectivity index (χ1v) is 14.9. The van der Waals surface area contributed by atoms with Gasteiger partial charge in [-0.05, 0) is 38.5 Å². The number of unbranched alkanes of at least 4 members (excludes halogenated alkanes) is 2. The van der Waals surface area contributed by atoms with Crippen LogP contribution in [0.15, 0.2) is 11.8 Å². The molecule has 0 bridgehead atoms. The second-order valence-electron chi connectivity index (χ2n) is 7.25. The van der Waals surface area contributed by atoms with Crippen LogP contribution >= 0.6 is 7.82 Å². The third-order valence-electron chi connectivity index (χ3n) is 1.83. The van der Waals surface area contributed by atoms with Crippen molar-refractivity contribution in [3.63, 3.8) is 0 Å². The van der Waals surface area contributed by atoms with Crippen molar-refractivity contribution < 1.29 is 50.4 Å². The summed E-state index contributed by atoms with van der Waals surface area (Å²) in [6.07, 6.45) is 4.99. The molecule has 0 aliphatic carbocycles. The average molecular weight is 486 g/mol. The third-order valence-corrected chi connectivity index (χ3v) is 3.87. The van der Waals surface area contributed by atoms with Crippen LogP contribution in [0.25, 0.3) is 0 Å². The summed E-state index contributed by atoms with van der Waals surface area (Å²) in [4.78, 5) is 10.4. The SMILES string of the molecule is CC(C)[O-].CC(C)[O-].CCCCC=C=[C][Si](C)(C)C.CCOP(=O)([O-])OCC.[Ti+3]. The van der Waals surface area contributed by atoms with Crippen LogP contribution < -0.4 is 15.1 Å². The molecule has 0 amide bonds. The molecule has 0 aliphatic heterocycles. The van der Waals surface area contributed by atoms with E-state index in [-0.39, 0.29) is 34.9 Å². The molecule has 0 aromatic heterocycles. The summed E-state index contributed by atoms with van der Waals surface area (Å²) in [6, 6.07) is 0. The van der Waals surface area contributed by atoms with Crippen LogP contribution in [0.2, 0.25) is 19.6 Å². The second kappa shape index (κ2) is 26.5. The molecule has 0 spiro atoms.